The molecule has 0 radical (unpaired) electrons. The smallest absolute Gasteiger partial charge is 0.269 e. The molecule has 0 atom stereocenters. The van der Waals surface area contributed by atoms with Crippen LogP contribution in [0.15, 0.2) is 12.7 Å². The molecule has 9 heavy (non-hydrogen) atoms. The van der Waals surface area contributed by atoms with E-state index in [0.29, 0.717) is 6.08 Å². The predicted molar refractivity (Wildman–Crippen MR) is 28.4 cm³/mol. The SMILES string of the molecule is C=CC(=O)NS(=O)(=O)F. The Labute approximate surface area is 51.7 Å². The highest BCUT2D eigenvalue weighted by Gasteiger charge is 2.07. The Morgan fingerprint density at radius 3 is 2.22 bits per heavy atom. The van der Waals surface area contributed by atoms with E-state index in [-0.39, 0.29) is 0 Å². The maximum Gasteiger partial charge on any atom is 0.399 e. The number of hydrogen-bond acceptors (Lipinski definition) is 3. The summed E-state index contributed by atoms with van der Waals surface area (Å²) in [6.45, 7) is 2.90. The number of carbonyl (C=O) groups is 1. The molecule has 0 spiro atoms. The molecule has 0 unspecified atom stereocenters. The van der Waals surface area contributed by atoms with Gasteiger partial charge in [-0.3, -0.25) is 4.79 Å². The molecule has 4 nitrogen and oxygen atoms in total. The fourth-order valence-corrected chi connectivity index (χ4v) is 0.485. The van der Waals surface area contributed by atoms with Crippen molar-refractivity contribution >= 4 is 16.3 Å². The van der Waals surface area contributed by atoms with E-state index in [2.05, 4.69) is 6.58 Å². The van der Waals surface area contributed by atoms with E-state index >= 15 is 0 Å². The van der Waals surface area contributed by atoms with Crippen LogP contribution in [0.2, 0.25) is 0 Å². The Bertz CT molecular complexity index is 219. The van der Waals surface area contributed by atoms with Crippen molar-refractivity contribution in [3.8, 4) is 0 Å². The lowest BCUT2D eigenvalue weighted by Crippen LogP contribution is -2.24. The average molecular weight is 153 g/mol. The van der Waals surface area contributed by atoms with Crippen molar-refractivity contribution in [3.05, 3.63) is 12.7 Å². The van der Waals surface area contributed by atoms with Crippen LogP contribution in [0.3, 0.4) is 0 Å². The van der Waals surface area contributed by atoms with Gasteiger partial charge < -0.3 is 0 Å². The van der Waals surface area contributed by atoms with E-state index in [9.17, 15) is 17.1 Å². The van der Waals surface area contributed by atoms with Gasteiger partial charge in [0.05, 0.1) is 0 Å². The normalized spacial score (nSPS) is 10.3. The summed E-state index contributed by atoms with van der Waals surface area (Å²) in [5, 5.41) is 0. The average Bonchev–Trinajstić information content (AvgIpc) is 1.62. The number of amides is 1. The van der Waals surface area contributed by atoms with Crippen LogP contribution in [-0.4, -0.2) is 14.3 Å². The Hall–Kier alpha value is -0.910. The molecule has 1 N–H and O–H groups in total. The summed E-state index contributed by atoms with van der Waals surface area (Å²) >= 11 is 0. The first kappa shape index (κ1) is 8.09. The Kier molecular flexibility index (Phi) is 2.32. The molecular formula is C3H4FNO3S. The molecule has 0 saturated carbocycles. The summed E-state index contributed by atoms with van der Waals surface area (Å²) in [5.74, 6) is -1.09. The van der Waals surface area contributed by atoms with Gasteiger partial charge in [-0.05, 0) is 6.08 Å². The van der Waals surface area contributed by atoms with Gasteiger partial charge in [-0.1, -0.05) is 10.5 Å². The second kappa shape index (κ2) is 2.58. The largest absolute Gasteiger partial charge is 0.399 e. The highest BCUT2D eigenvalue weighted by atomic mass is 32.3. The lowest BCUT2D eigenvalue weighted by Gasteiger charge is -1.89. The van der Waals surface area contributed by atoms with Crippen LogP contribution >= 0.6 is 0 Å². The Morgan fingerprint density at radius 1 is 1.67 bits per heavy atom. The minimum atomic E-state index is -4.91. The fourth-order valence-electron chi connectivity index (χ4n) is 0.162. The quantitative estimate of drug-likeness (QED) is 0.429. The van der Waals surface area contributed by atoms with Crippen molar-refractivity contribution in [1.29, 1.82) is 0 Å². The molecule has 52 valence electrons. The van der Waals surface area contributed by atoms with Gasteiger partial charge in [0.15, 0.2) is 0 Å². The van der Waals surface area contributed by atoms with Gasteiger partial charge >= 0.3 is 10.4 Å². The first-order valence-corrected chi connectivity index (χ1v) is 3.23. The molecule has 0 rings (SSSR count). The van der Waals surface area contributed by atoms with Crippen molar-refractivity contribution in [2.24, 2.45) is 0 Å². The molecule has 0 aromatic heterocycles. The number of halogens is 1. The predicted octanol–water partition coefficient (Wildman–Crippen LogP) is -0.497. The Morgan fingerprint density at radius 2 is 2.11 bits per heavy atom. The van der Waals surface area contributed by atoms with Gasteiger partial charge in [0.25, 0.3) is 5.91 Å². The van der Waals surface area contributed by atoms with E-state index in [1.807, 2.05) is 0 Å². The minimum Gasteiger partial charge on any atom is -0.269 e. The van der Waals surface area contributed by atoms with Gasteiger partial charge in [0.2, 0.25) is 0 Å². The zero-order valence-corrected chi connectivity index (χ0v) is 5.11. The molecule has 0 saturated heterocycles. The van der Waals surface area contributed by atoms with Crippen LogP contribution < -0.4 is 4.72 Å². The van der Waals surface area contributed by atoms with Crippen LogP contribution in [0.1, 0.15) is 0 Å². The maximum absolute atomic E-state index is 11.4. The summed E-state index contributed by atoms with van der Waals surface area (Å²) in [4.78, 5) is 9.98. The summed E-state index contributed by atoms with van der Waals surface area (Å²) < 4.78 is 31.5. The highest BCUT2D eigenvalue weighted by Crippen LogP contribution is 1.81. The van der Waals surface area contributed by atoms with Gasteiger partial charge in [-0.15, -0.1) is 0 Å². The summed E-state index contributed by atoms with van der Waals surface area (Å²) in [6, 6.07) is 0. The molecule has 0 aliphatic carbocycles. The molecule has 0 heterocycles. The van der Waals surface area contributed by atoms with Crippen molar-refractivity contribution in [2.45, 2.75) is 0 Å². The van der Waals surface area contributed by atoms with E-state index < -0.39 is 16.3 Å². The van der Waals surface area contributed by atoms with Gasteiger partial charge in [-0.25, -0.2) is 4.72 Å². The standard InChI is InChI=1S/C3H4FNO3S/c1-2-3(6)5-9(4,7)8/h2H,1H2,(H,5,6). The Balaban J connectivity index is 4.06. The van der Waals surface area contributed by atoms with Crippen molar-refractivity contribution < 1.29 is 17.1 Å². The maximum atomic E-state index is 11.4. The summed E-state index contributed by atoms with van der Waals surface area (Å²) in [7, 11) is -4.91. The van der Waals surface area contributed by atoms with E-state index in [1.54, 1.807) is 0 Å². The summed E-state index contributed by atoms with van der Waals surface area (Å²) in [5.41, 5.74) is 0. The first-order chi connectivity index (χ1) is 3.95. The number of rotatable bonds is 2. The zero-order valence-electron chi connectivity index (χ0n) is 4.30. The minimum absolute atomic E-state index is 0.650. The van der Waals surface area contributed by atoms with Gasteiger partial charge in [0.1, 0.15) is 0 Å². The van der Waals surface area contributed by atoms with Crippen molar-refractivity contribution in [2.75, 3.05) is 0 Å². The van der Waals surface area contributed by atoms with Gasteiger partial charge in [-0.2, -0.15) is 8.42 Å². The van der Waals surface area contributed by atoms with Crippen LogP contribution in [-0.2, 0) is 15.2 Å². The molecule has 6 heteroatoms. The van der Waals surface area contributed by atoms with Gasteiger partial charge in [0, 0.05) is 0 Å². The molecule has 0 bridgehead atoms. The van der Waals surface area contributed by atoms with E-state index in [4.69, 9.17) is 0 Å². The van der Waals surface area contributed by atoms with Crippen molar-refractivity contribution in [1.82, 2.24) is 4.72 Å². The number of hydrogen-bond donors (Lipinski definition) is 1. The van der Waals surface area contributed by atoms with Crippen LogP contribution in [0.4, 0.5) is 3.89 Å². The first-order valence-electron chi connectivity index (χ1n) is 1.84. The van der Waals surface area contributed by atoms with Crippen LogP contribution in [0.25, 0.3) is 0 Å². The van der Waals surface area contributed by atoms with Crippen LogP contribution in [0.5, 0.6) is 0 Å². The molecule has 0 aliphatic heterocycles. The van der Waals surface area contributed by atoms with Crippen LogP contribution in [0, 0.1) is 0 Å². The molecule has 1 amide bonds. The zero-order chi connectivity index (χ0) is 7.49. The number of nitrogens with one attached hydrogen (secondary N) is 1. The monoisotopic (exact) mass is 153 g/mol. The molecule has 0 aromatic rings. The third-order valence-electron chi connectivity index (χ3n) is 0.408. The lowest BCUT2D eigenvalue weighted by atomic mass is 10.6. The highest BCUT2D eigenvalue weighted by molar-refractivity contribution is 7.84. The van der Waals surface area contributed by atoms with E-state index in [0.717, 1.165) is 4.72 Å². The fraction of sp³-hybridized carbons (Fsp3) is 0. The lowest BCUT2D eigenvalue weighted by molar-refractivity contribution is -0.114. The molecule has 0 aromatic carbocycles. The second-order valence-corrected chi connectivity index (χ2v) is 2.19. The summed E-state index contributed by atoms with van der Waals surface area (Å²) in [6.07, 6.45) is 0.650. The molecule has 0 aliphatic rings. The topological polar surface area (TPSA) is 63.2 Å². The van der Waals surface area contributed by atoms with E-state index in [1.165, 1.54) is 0 Å². The third kappa shape index (κ3) is 4.95. The molecular weight excluding hydrogens is 149 g/mol. The third-order valence-corrected chi connectivity index (χ3v) is 0.853. The van der Waals surface area contributed by atoms with Crippen molar-refractivity contribution in [3.63, 3.8) is 0 Å². The number of carbonyl (C=O) groups excluding carboxylic acids is 1. The molecule has 0 fully saturated rings. The second-order valence-electron chi connectivity index (χ2n) is 1.11.